The van der Waals surface area contributed by atoms with Crippen molar-refractivity contribution >= 4 is 5.91 Å². The van der Waals surface area contributed by atoms with Gasteiger partial charge in [-0.25, -0.2) is 0 Å². The van der Waals surface area contributed by atoms with E-state index in [2.05, 4.69) is 19.2 Å². The van der Waals surface area contributed by atoms with E-state index in [1.165, 1.54) is 257 Å². The van der Waals surface area contributed by atoms with E-state index in [1.54, 1.807) is 6.08 Å². The standard InChI is InChI=1S/C53H105NO3/c1-3-5-7-9-11-13-15-17-19-20-21-22-23-24-25-26-27-28-29-30-31-32-33-35-37-39-41-43-45-47-49-53(57)54-51(50-55)52(56)48-46-44-42-40-38-36-34-18-16-14-12-10-8-6-4-2/h46,48,51-52,55-56H,3-45,47,49-50H2,1-2H3,(H,54,57)/b48-46+. The third-order valence-corrected chi connectivity index (χ3v) is 12.5. The second-order valence-corrected chi connectivity index (χ2v) is 18.3. The van der Waals surface area contributed by atoms with Gasteiger partial charge in [0.25, 0.3) is 0 Å². The quantitative estimate of drug-likeness (QED) is 0.0424. The summed E-state index contributed by atoms with van der Waals surface area (Å²) in [5.41, 5.74) is 0. The Labute approximate surface area is 358 Å². The Morgan fingerprint density at radius 1 is 0.404 bits per heavy atom. The molecule has 0 bridgehead atoms. The average molecular weight is 804 g/mol. The molecule has 0 heterocycles. The number of rotatable bonds is 49. The minimum atomic E-state index is -0.834. The van der Waals surface area contributed by atoms with Gasteiger partial charge in [-0.3, -0.25) is 4.79 Å². The second-order valence-electron chi connectivity index (χ2n) is 18.3. The minimum absolute atomic E-state index is 0.0572. The first kappa shape index (κ1) is 56.1. The zero-order valence-corrected chi connectivity index (χ0v) is 39.1. The van der Waals surface area contributed by atoms with E-state index in [-0.39, 0.29) is 12.5 Å². The molecule has 0 aromatic rings. The monoisotopic (exact) mass is 804 g/mol. The average Bonchev–Trinajstić information content (AvgIpc) is 3.22. The van der Waals surface area contributed by atoms with Crippen LogP contribution >= 0.6 is 0 Å². The fourth-order valence-corrected chi connectivity index (χ4v) is 8.48. The van der Waals surface area contributed by atoms with Crippen LogP contribution in [0.5, 0.6) is 0 Å². The Bertz CT molecular complexity index is 784. The molecule has 2 atom stereocenters. The number of aliphatic hydroxyl groups excluding tert-OH is 2. The van der Waals surface area contributed by atoms with Gasteiger partial charge in [0.05, 0.1) is 18.8 Å². The maximum absolute atomic E-state index is 12.4. The van der Waals surface area contributed by atoms with E-state index in [9.17, 15) is 15.0 Å². The summed E-state index contributed by atoms with van der Waals surface area (Å²) in [7, 11) is 0. The number of unbranched alkanes of at least 4 members (excludes halogenated alkanes) is 42. The molecule has 0 fully saturated rings. The molecule has 4 heteroatoms. The van der Waals surface area contributed by atoms with Crippen molar-refractivity contribution in [2.45, 2.75) is 315 Å². The highest BCUT2D eigenvalue weighted by Gasteiger charge is 2.18. The fourth-order valence-electron chi connectivity index (χ4n) is 8.48. The molecule has 0 rings (SSSR count). The van der Waals surface area contributed by atoms with Gasteiger partial charge in [0, 0.05) is 6.42 Å². The molecule has 0 aromatic carbocycles. The van der Waals surface area contributed by atoms with Crippen LogP contribution in [0.15, 0.2) is 12.2 Å². The van der Waals surface area contributed by atoms with Crippen molar-refractivity contribution in [2.24, 2.45) is 0 Å². The van der Waals surface area contributed by atoms with Crippen LogP contribution in [0.2, 0.25) is 0 Å². The van der Waals surface area contributed by atoms with Crippen molar-refractivity contribution < 1.29 is 15.0 Å². The normalized spacial score (nSPS) is 12.8. The predicted molar refractivity (Wildman–Crippen MR) is 253 cm³/mol. The van der Waals surface area contributed by atoms with Crippen molar-refractivity contribution in [2.75, 3.05) is 6.61 Å². The van der Waals surface area contributed by atoms with Crippen LogP contribution in [0.1, 0.15) is 303 Å². The Morgan fingerprint density at radius 2 is 0.649 bits per heavy atom. The van der Waals surface area contributed by atoms with Gasteiger partial charge >= 0.3 is 0 Å². The number of allylic oxidation sites excluding steroid dienone is 1. The highest BCUT2D eigenvalue weighted by molar-refractivity contribution is 5.76. The van der Waals surface area contributed by atoms with Gasteiger partial charge in [0.15, 0.2) is 0 Å². The molecule has 1 amide bonds. The maximum atomic E-state index is 12.4. The van der Waals surface area contributed by atoms with Crippen molar-refractivity contribution in [1.82, 2.24) is 5.32 Å². The number of carbonyl (C=O) groups excluding carboxylic acids is 1. The number of carbonyl (C=O) groups is 1. The maximum Gasteiger partial charge on any atom is 0.220 e. The molecule has 3 N–H and O–H groups in total. The zero-order chi connectivity index (χ0) is 41.4. The number of aliphatic hydroxyl groups is 2. The second kappa shape index (κ2) is 49.5. The smallest absolute Gasteiger partial charge is 0.220 e. The van der Waals surface area contributed by atoms with Crippen LogP contribution in [0, 0.1) is 0 Å². The molecular weight excluding hydrogens is 699 g/mol. The summed E-state index contributed by atoms with van der Waals surface area (Å²) in [4.78, 5) is 12.4. The molecule has 0 aliphatic rings. The predicted octanol–water partition coefficient (Wildman–Crippen LogP) is 17.0. The fraction of sp³-hybridized carbons (Fsp3) is 0.943. The Balaban J connectivity index is 3.41. The molecular formula is C53H105NO3. The van der Waals surface area contributed by atoms with E-state index in [0.717, 1.165) is 25.7 Å². The third-order valence-electron chi connectivity index (χ3n) is 12.5. The molecule has 2 unspecified atom stereocenters. The van der Waals surface area contributed by atoms with Crippen LogP contribution in [-0.4, -0.2) is 34.9 Å². The summed E-state index contributed by atoms with van der Waals surface area (Å²) < 4.78 is 0. The van der Waals surface area contributed by atoms with Crippen molar-refractivity contribution in [3.63, 3.8) is 0 Å². The SMILES string of the molecule is CCCCCCCCCCCCCCC/C=C/C(O)C(CO)NC(=O)CCCCCCCCCCCCCCCCCCCCCCCCCCCCCCCC. The molecule has 340 valence electrons. The van der Waals surface area contributed by atoms with Gasteiger partial charge in [-0.15, -0.1) is 0 Å². The summed E-state index contributed by atoms with van der Waals surface area (Å²) in [6.45, 7) is 4.34. The molecule has 0 aromatic heterocycles. The molecule has 0 saturated heterocycles. The first-order valence-corrected chi connectivity index (χ1v) is 26.4. The number of hydrogen-bond acceptors (Lipinski definition) is 3. The molecule has 0 aliphatic heterocycles. The molecule has 0 aliphatic carbocycles. The van der Waals surface area contributed by atoms with Gasteiger partial charge in [0.2, 0.25) is 5.91 Å². The van der Waals surface area contributed by atoms with Crippen LogP contribution in [0.25, 0.3) is 0 Å². The van der Waals surface area contributed by atoms with E-state index in [1.807, 2.05) is 6.08 Å². The summed E-state index contributed by atoms with van der Waals surface area (Å²) in [6.07, 6.45) is 63.7. The van der Waals surface area contributed by atoms with Crippen LogP contribution in [-0.2, 0) is 4.79 Å². The molecule has 4 nitrogen and oxygen atoms in total. The molecule has 0 radical (unpaired) electrons. The molecule has 57 heavy (non-hydrogen) atoms. The topological polar surface area (TPSA) is 69.6 Å². The van der Waals surface area contributed by atoms with E-state index >= 15 is 0 Å². The Hall–Kier alpha value is -0.870. The summed E-state index contributed by atoms with van der Waals surface area (Å²) in [6, 6.07) is -0.617. The van der Waals surface area contributed by atoms with Crippen LogP contribution in [0.4, 0.5) is 0 Å². The highest BCUT2D eigenvalue weighted by Crippen LogP contribution is 2.18. The number of nitrogens with one attached hydrogen (secondary N) is 1. The Morgan fingerprint density at radius 3 is 0.912 bits per heavy atom. The van der Waals surface area contributed by atoms with Gasteiger partial charge in [0.1, 0.15) is 0 Å². The summed E-state index contributed by atoms with van der Waals surface area (Å²) in [5.74, 6) is -0.0572. The number of hydrogen-bond donors (Lipinski definition) is 3. The summed E-state index contributed by atoms with van der Waals surface area (Å²) in [5, 5.41) is 23.1. The number of amides is 1. The van der Waals surface area contributed by atoms with Gasteiger partial charge in [-0.2, -0.15) is 0 Å². The van der Waals surface area contributed by atoms with Gasteiger partial charge < -0.3 is 15.5 Å². The van der Waals surface area contributed by atoms with Crippen molar-refractivity contribution in [3.05, 3.63) is 12.2 Å². The van der Waals surface area contributed by atoms with E-state index in [0.29, 0.717) is 6.42 Å². The molecule has 0 saturated carbocycles. The minimum Gasteiger partial charge on any atom is -0.394 e. The van der Waals surface area contributed by atoms with E-state index < -0.39 is 12.1 Å². The van der Waals surface area contributed by atoms with Gasteiger partial charge in [-0.1, -0.05) is 289 Å². The zero-order valence-electron chi connectivity index (χ0n) is 39.1. The van der Waals surface area contributed by atoms with E-state index in [4.69, 9.17) is 0 Å². The molecule has 0 spiro atoms. The third kappa shape index (κ3) is 46.1. The van der Waals surface area contributed by atoms with Crippen molar-refractivity contribution in [3.8, 4) is 0 Å². The van der Waals surface area contributed by atoms with Crippen molar-refractivity contribution in [1.29, 1.82) is 0 Å². The summed E-state index contributed by atoms with van der Waals surface area (Å²) >= 11 is 0. The largest absolute Gasteiger partial charge is 0.394 e. The lowest BCUT2D eigenvalue weighted by Gasteiger charge is -2.20. The Kier molecular flexibility index (Phi) is 48.7. The lowest BCUT2D eigenvalue weighted by molar-refractivity contribution is -0.123. The lowest BCUT2D eigenvalue weighted by atomic mass is 10.0. The first-order chi connectivity index (χ1) is 28.2. The van der Waals surface area contributed by atoms with Crippen LogP contribution < -0.4 is 5.32 Å². The van der Waals surface area contributed by atoms with Crippen LogP contribution in [0.3, 0.4) is 0 Å². The lowest BCUT2D eigenvalue weighted by Crippen LogP contribution is -2.45. The first-order valence-electron chi connectivity index (χ1n) is 26.4. The highest BCUT2D eigenvalue weighted by atomic mass is 16.3. The van der Waals surface area contributed by atoms with Gasteiger partial charge in [-0.05, 0) is 19.3 Å².